The van der Waals surface area contributed by atoms with Gasteiger partial charge in [0.05, 0.1) is 206 Å². The molecule has 0 aromatic rings. The van der Waals surface area contributed by atoms with Crippen molar-refractivity contribution in [2.75, 3.05) is 165 Å². The normalized spacial score (nSPS) is 15.6. The fraction of sp³-hybridized carbons (Fsp3) is 1.00. The van der Waals surface area contributed by atoms with Crippen LogP contribution in [0.2, 0.25) is 0 Å². The summed E-state index contributed by atoms with van der Waals surface area (Å²) in [6, 6.07) is 0. The highest BCUT2D eigenvalue weighted by Gasteiger charge is 2.36. The van der Waals surface area contributed by atoms with Gasteiger partial charge in [-0.2, -0.15) is 0 Å². The van der Waals surface area contributed by atoms with Crippen molar-refractivity contribution in [3.05, 3.63) is 0 Å². The molecule has 0 rings (SSSR count). The smallest absolute Gasteiger partial charge is 0.110 e. The first-order valence-corrected chi connectivity index (χ1v) is 29.0. The predicted molar refractivity (Wildman–Crippen MR) is 314 cm³/mol. The summed E-state index contributed by atoms with van der Waals surface area (Å²) in [6.45, 7) is 5.56. The van der Waals surface area contributed by atoms with Gasteiger partial charge < -0.3 is 162 Å². The lowest BCUT2D eigenvalue weighted by Gasteiger charge is -2.34. The summed E-state index contributed by atoms with van der Waals surface area (Å²) in [7, 11) is 0. The largest absolute Gasteiger partial charge is 0.396 e. The monoisotopic (exact) mass is 1300 g/mol. The Kier molecular flexibility index (Phi) is 68.1. The molecule has 32 heteroatoms. The van der Waals surface area contributed by atoms with E-state index in [1.54, 1.807) is 20.8 Å². The Morgan fingerprint density at radius 1 is 0.218 bits per heavy atom. The van der Waals surface area contributed by atoms with E-state index in [9.17, 15) is 46.0 Å². The van der Waals surface area contributed by atoms with E-state index in [1.165, 1.54) is 0 Å². The van der Waals surface area contributed by atoms with Crippen LogP contribution in [-0.2, 0) is 14.2 Å². The zero-order chi connectivity index (χ0) is 69.5. The summed E-state index contributed by atoms with van der Waals surface area (Å²) in [6.07, 6.45) is -7.75. The molecule has 0 spiro atoms. The second-order valence-electron chi connectivity index (χ2n) is 21.8. The SMILES string of the molecule is CCC(CO)(CO)CO.CCC(CO)(CO)COCC(CO)(CO)CO.CCC(CO)(CO)COCC(CO)(CO)COCC(CO)(CO)CO.CCC(O)C(O)C(O)C(O)CO.CCC(O)C(O)C(O)CO.CCC(O)C(O)CO.CCC(O)CO. The van der Waals surface area contributed by atoms with Gasteiger partial charge in [-0.25, -0.2) is 0 Å². The van der Waals surface area contributed by atoms with Crippen molar-refractivity contribution in [2.45, 2.75) is 154 Å². The first kappa shape index (κ1) is 99.3. The van der Waals surface area contributed by atoms with Gasteiger partial charge in [0.1, 0.15) is 36.6 Å². The van der Waals surface area contributed by atoms with Crippen LogP contribution in [0, 0.1) is 32.5 Å². The van der Waals surface area contributed by atoms with Crippen molar-refractivity contribution >= 4 is 0 Å². The van der Waals surface area contributed by atoms with E-state index in [0.717, 1.165) is 0 Å². The Bertz CT molecular complexity index is 1260. The van der Waals surface area contributed by atoms with Crippen LogP contribution in [0.1, 0.15) is 93.4 Å². The lowest BCUT2D eigenvalue weighted by molar-refractivity contribution is -0.123. The molecular formula is C55H124O32. The Labute approximate surface area is 513 Å². The van der Waals surface area contributed by atoms with Crippen LogP contribution in [0.25, 0.3) is 0 Å². The highest BCUT2D eigenvalue weighted by Crippen LogP contribution is 2.26. The Morgan fingerprint density at radius 2 is 0.437 bits per heavy atom. The Balaban J connectivity index is -0.000000181. The summed E-state index contributed by atoms with van der Waals surface area (Å²) < 4.78 is 16.2. The average molecular weight is 1300 g/mol. The van der Waals surface area contributed by atoms with Gasteiger partial charge in [0, 0.05) is 16.2 Å². The molecule has 0 radical (unpaired) electrons. The third-order valence-electron chi connectivity index (χ3n) is 14.6. The molecule has 0 aliphatic heterocycles. The number of aliphatic hydroxyl groups excluding tert-OH is 29. The van der Waals surface area contributed by atoms with Gasteiger partial charge in [0.15, 0.2) is 0 Å². The molecule has 10 atom stereocenters. The zero-order valence-corrected chi connectivity index (χ0v) is 52.6. The topological polar surface area (TPSA) is 614 Å². The molecular weight excluding hydrogens is 1170 g/mol. The van der Waals surface area contributed by atoms with E-state index in [1.807, 2.05) is 27.7 Å². The molecule has 0 amide bonds. The predicted octanol–water partition coefficient (Wildman–Crippen LogP) is -9.79. The molecule has 0 saturated heterocycles. The van der Waals surface area contributed by atoms with E-state index < -0.39 is 160 Å². The van der Waals surface area contributed by atoms with E-state index in [2.05, 4.69) is 0 Å². The maximum absolute atomic E-state index is 9.61. The summed E-state index contributed by atoms with van der Waals surface area (Å²) in [5.41, 5.74) is -5.59. The van der Waals surface area contributed by atoms with Crippen LogP contribution in [0.5, 0.6) is 0 Å². The average Bonchev–Trinajstić information content (AvgIpc) is 3.78. The third kappa shape index (κ3) is 42.6. The van der Waals surface area contributed by atoms with E-state index in [-0.39, 0.29) is 106 Å². The third-order valence-corrected chi connectivity index (χ3v) is 14.6. The first-order chi connectivity index (χ1) is 40.9. The van der Waals surface area contributed by atoms with Crippen LogP contribution >= 0.6 is 0 Å². The van der Waals surface area contributed by atoms with E-state index in [4.69, 9.17) is 116 Å². The van der Waals surface area contributed by atoms with Gasteiger partial charge in [-0.1, -0.05) is 48.5 Å². The van der Waals surface area contributed by atoms with Gasteiger partial charge >= 0.3 is 0 Å². The van der Waals surface area contributed by atoms with E-state index in [0.29, 0.717) is 38.5 Å². The summed E-state index contributed by atoms with van der Waals surface area (Å²) >= 11 is 0. The molecule has 0 heterocycles. The maximum Gasteiger partial charge on any atom is 0.110 e. The lowest BCUT2D eigenvalue weighted by Crippen LogP contribution is -2.45. The minimum Gasteiger partial charge on any atom is -0.396 e. The van der Waals surface area contributed by atoms with Crippen LogP contribution in [0.4, 0.5) is 0 Å². The summed E-state index contributed by atoms with van der Waals surface area (Å²) in [5, 5.41) is 259. The second-order valence-corrected chi connectivity index (χ2v) is 21.8. The minimum atomic E-state index is -1.51. The molecule has 0 fully saturated rings. The standard InChI is InChI=1S/C16H34O9.C11H24O6.C7H16O5.C6H14O4.C6H14O3.C5H12O3.C4H10O2/c1-2-14(3-17,4-18)10-24-12-16(8-22,9-23)13-25-11-15(5-19,6-20)7-21;1-2-10(3-12,4-13)8-17-9-11(5-14,6-15)7-16;1-2-4(9)6(11)7(12)5(10)3-8;1-2-4(8)6(10)5(9)3-7;1-2-6(3-7,4-8)5-9;1-2-4(7)5(8)3-6;1-2-4(6)3-5/h17-23H,2-13H2,1H3;12-16H,2-9H2,1H3;4-12H,2-3H2,1H3;4-10H,2-3H2,1H3;7-9H,2-5H2,1H3;4-8H,2-3H2,1H3;4-6H,2-3H2,1H3. The number of aliphatic hydroxyl groups is 29. The molecule has 0 bridgehead atoms. The van der Waals surface area contributed by atoms with Crippen molar-refractivity contribution < 1.29 is 162 Å². The molecule has 29 N–H and O–H groups in total. The highest BCUT2D eigenvalue weighted by molar-refractivity contribution is 4.84. The van der Waals surface area contributed by atoms with E-state index >= 15 is 0 Å². The van der Waals surface area contributed by atoms with Gasteiger partial charge in [-0.3, -0.25) is 0 Å². The van der Waals surface area contributed by atoms with Crippen LogP contribution in [0.15, 0.2) is 0 Å². The number of ether oxygens (including phenoxy) is 3. The summed E-state index contributed by atoms with van der Waals surface area (Å²) in [5.74, 6) is 0. The molecule has 0 aliphatic rings. The van der Waals surface area contributed by atoms with Crippen molar-refractivity contribution in [1.29, 1.82) is 0 Å². The molecule has 0 aromatic heterocycles. The fourth-order valence-corrected chi connectivity index (χ4v) is 5.65. The molecule has 32 nitrogen and oxygen atoms in total. The van der Waals surface area contributed by atoms with Crippen molar-refractivity contribution in [3.8, 4) is 0 Å². The molecule has 0 aliphatic carbocycles. The van der Waals surface area contributed by atoms with Crippen molar-refractivity contribution in [3.63, 3.8) is 0 Å². The minimum absolute atomic E-state index is 0.0295. The molecule has 0 aromatic carbocycles. The Hall–Kier alpha value is -1.28. The lowest BCUT2D eigenvalue weighted by atomic mass is 9.87. The highest BCUT2D eigenvalue weighted by atomic mass is 16.5. The van der Waals surface area contributed by atoms with Gasteiger partial charge in [0.25, 0.3) is 0 Å². The number of rotatable bonds is 44. The molecule has 10 unspecified atom stereocenters. The molecule has 536 valence electrons. The first-order valence-electron chi connectivity index (χ1n) is 29.0. The van der Waals surface area contributed by atoms with Crippen LogP contribution < -0.4 is 0 Å². The van der Waals surface area contributed by atoms with Crippen molar-refractivity contribution in [2.24, 2.45) is 32.5 Å². The van der Waals surface area contributed by atoms with Crippen LogP contribution in [-0.4, -0.2) is 374 Å². The zero-order valence-electron chi connectivity index (χ0n) is 52.6. The molecule has 0 saturated carbocycles. The maximum atomic E-state index is 9.61. The fourth-order valence-electron chi connectivity index (χ4n) is 5.65. The van der Waals surface area contributed by atoms with Crippen LogP contribution in [0.3, 0.4) is 0 Å². The number of hydrogen-bond donors (Lipinski definition) is 29. The number of hydrogen-bond acceptors (Lipinski definition) is 32. The van der Waals surface area contributed by atoms with Crippen molar-refractivity contribution in [1.82, 2.24) is 0 Å². The second kappa shape index (κ2) is 59.7. The summed E-state index contributed by atoms with van der Waals surface area (Å²) in [4.78, 5) is 0. The quantitative estimate of drug-likeness (QED) is 0.0269. The molecule has 87 heavy (non-hydrogen) atoms. The van der Waals surface area contributed by atoms with Gasteiger partial charge in [-0.15, -0.1) is 0 Å². The van der Waals surface area contributed by atoms with Gasteiger partial charge in [0.2, 0.25) is 0 Å². The Morgan fingerprint density at radius 3 is 0.609 bits per heavy atom. The van der Waals surface area contributed by atoms with Gasteiger partial charge in [-0.05, 0) is 44.9 Å².